The van der Waals surface area contributed by atoms with Crippen molar-refractivity contribution in [2.75, 3.05) is 14.2 Å². The van der Waals surface area contributed by atoms with Crippen molar-refractivity contribution in [3.8, 4) is 0 Å². The van der Waals surface area contributed by atoms with E-state index in [0.29, 0.717) is 5.56 Å². The lowest BCUT2D eigenvalue weighted by Gasteiger charge is -2.13. The Kier molecular flexibility index (Phi) is 4.60. The van der Waals surface area contributed by atoms with Gasteiger partial charge in [-0.2, -0.15) is 0 Å². The van der Waals surface area contributed by atoms with Crippen LogP contribution < -0.4 is 0 Å². The Balaban J connectivity index is 3.00. The van der Waals surface area contributed by atoms with Crippen LogP contribution in [0.1, 0.15) is 5.56 Å². The highest BCUT2D eigenvalue weighted by molar-refractivity contribution is 7.89. The number of benzene rings is 1. The number of hydrogen-bond donors (Lipinski definition) is 1. The van der Waals surface area contributed by atoms with Gasteiger partial charge in [0.2, 0.25) is 0 Å². The standard InChI is InChI=1S/C11H13NO5S/c1-12(17-2)18(15,16)10-6-3-9(4-7-10)5-8-11(13)14/h3-8H,1-2H3,(H,13,14)/b8-5+. The zero-order chi connectivity index (χ0) is 13.8. The van der Waals surface area contributed by atoms with Crippen molar-refractivity contribution in [3.63, 3.8) is 0 Å². The zero-order valence-corrected chi connectivity index (χ0v) is 10.7. The van der Waals surface area contributed by atoms with E-state index in [9.17, 15) is 13.2 Å². The summed E-state index contributed by atoms with van der Waals surface area (Å²) in [5.41, 5.74) is 0.594. The Morgan fingerprint density at radius 1 is 1.33 bits per heavy atom. The summed E-state index contributed by atoms with van der Waals surface area (Å²) in [6, 6.07) is 5.78. The van der Waals surface area contributed by atoms with Gasteiger partial charge >= 0.3 is 5.97 Å². The molecule has 0 aromatic heterocycles. The average molecular weight is 271 g/mol. The van der Waals surface area contributed by atoms with Crippen LogP contribution in [0.25, 0.3) is 6.08 Å². The van der Waals surface area contributed by atoms with Gasteiger partial charge in [-0.25, -0.2) is 13.2 Å². The molecule has 0 aliphatic carbocycles. The number of nitrogens with zero attached hydrogens (tertiary/aromatic N) is 1. The zero-order valence-electron chi connectivity index (χ0n) is 9.90. The second-order valence-corrected chi connectivity index (χ2v) is 5.27. The minimum absolute atomic E-state index is 0.0688. The lowest BCUT2D eigenvalue weighted by atomic mass is 10.2. The highest BCUT2D eigenvalue weighted by Gasteiger charge is 2.19. The quantitative estimate of drug-likeness (QED) is 0.637. The van der Waals surface area contributed by atoms with Crippen LogP contribution in [0, 0.1) is 0 Å². The van der Waals surface area contributed by atoms with Gasteiger partial charge in [-0.15, -0.1) is 0 Å². The molecule has 1 rings (SSSR count). The molecule has 0 amide bonds. The van der Waals surface area contributed by atoms with Crippen molar-refractivity contribution in [1.29, 1.82) is 0 Å². The van der Waals surface area contributed by atoms with Crippen molar-refractivity contribution >= 4 is 22.1 Å². The summed E-state index contributed by atoms with van der Waals surface area (Å²) >= 11 is 0. The molecule has 0 saturated carbocycles. The number of rotatable bonds is 5. The molecule has 0 aliphatic heterocycles. The van der Waals surface area contributed by atoms with Crippen LogP contribution in [0.3, 0.4) is 0 Å². The van der Waals surface area contributed by atoms with Crippen molar-refractivity contribution in [2.24, 2.45) is 0 Å². The topological polar surface area (TPSA) is 83.9 Å². The number of hydroxylamine groups is 1. The van der Waals surface area contributed by atoms with E-state index in [1.165, 1.54) is 44.5 Å². The summed E-state index contributed by atoms with van der Waals surface area (Å²) in [5, 5.41) is 8.46. The number of aliphatic carboxylic acids is 1. The SMILES string of the molecule is CON(C)S(=O)(=O)c1ccc(/C=C/C(=O)O)cc1. The second kappa shape index (κ2) is 5.76. The first kappa shape index (κ1) is 14.4. The van der Waals surface area contributed by atoms with Gasteiger partial charge in [0.25, 0.3) is 10.0 Å². The van der Waals surface area contributed by atoms with Crippen molar-refractivity contribution in [1.82, 2.24) is 4.47 Å². The molecular weight excluding hydrogens is 258 g/mol. The first-order valence-corrected chi connectivity index (χ1v) is 6.36. The van der Waals surface area contributed by atoms with Gasteiger partial charge < -0.3 is 5.11 Å². The fraction of sp³-hybridized carbons (Fsp3) is 0.182. The molecule has 0 unspecified atom stereocenters. The molecule has 0 spiro atoms. The van der Waals surface area contributed by atoms with Crippen LogP contribution in [0.2, 0.25) is 0 Å². The number of sulfonamides is 1. The molecule has 6 nitrogen and oxygen atoms in total. The largest absolute Gasteiger partial charge is 0.478 e. The number of carbonyl (C=O) groups is 1. The number of carboxylic acid groups (broad SMARTS) is 1. The van der Waals surface area contributed by atoms with Crippen LogP contribution >= 0.6 is 0 Å². The number of carboxylic acids is 1. The van der Waals surface area contributed by atoms with Gasteiger partial charge in [0.1, 0.15) is 0 Å². The molecule has 18 heavy (non-hydrogen) atoms. The van der Waals surface area contributed by atoms with Gasteiger partial charge in [0.05, 0.1) is 12.0 Å². The third-order valence-electron chi connectivity index (χ3n) is 2.19. The molecule has 0 aliphatic rings. The maximum atomic E-state index is 11.8. The molecule has 0 atom stereocenters. The maximum absolute atomic E-state index is 11.8. The van der Waals surface area contributed by atoms with E-state index in [1.807, 2.05) is 0 Å². The molecule has 0 fully saturated rings. The smallest absolute Gasteiger partial charge is 0.328 e. The summed E-state index contributed by atoms with van der Waals surface area (Å²) < 4.78 is 24.4. The van der Waals surface area contributed by atoms with Gasteiger partial charge in [-0.3, -0.25) is 4.84 Å². The lowest BCUT2D eigenvalue weighted by Crippen LogP contribution is -2.25. The molecule has 1 N–H and O–H groups in total. The van der Waals surface area contributed by atoms with E-state index in [4.69, 9.17) is 5.11 Å². The van der Waals surface area contributed by atoms with E-state index >= 15 is 0 Å². The molecule has 0 heterocycles. The predicted molar refractivity (Wildman–Crippen MR) is 65.1 cm³/mol. The molecule has 98 valence electrons. The maximum Gasteiger partial charge on any atom is 0.328 e. The van der Waals surface area contributed by atoms with E-state index in [0.717, 1.165) is 10.5 Å². The molecule has 1 aromatic carbocycles. The van der Waals surface area contributed by atoms with Crippen LogP contribution in [-0.2, 0) is 19.7 Å². The van der Waals surface area contributed by atoms with Crippen molar-refractivity contribution in [3.05, 3.63) is 35.9 Å². The summed E-state index contributed by atoms with van der Waals surface area (Å²) in [7, 11) is -1.13. The van der Waals surface area contributed by atoms with Crippen LogP contribution in [0.4, 0.5) is 0 Å². The Bertz CT molecular complexity index is 547. The van der Waals surface area contributed by atoms with Crippen LogP contribution in [-0.4, -0.2) is 38.1 Å². The van der Waals surface area contributed by atoms with Crippen molar-refractivity contribution in [2.45, 2.75) is 4.90 Å². The van der Waals surface area contributed by atoms with E-state index in [1.54, 1.807) is 0 Å². The van der Waals surface area contributed by atoms with E-state index < -0.39 is 16.0 Å². The summed E-state index contributed by atoms with van der Waals surface area (Å²) in [4.78, 5) is 15.0. The lowest BCUT2D eigenvalue weighted by molar-refractivity contribution is -0.131. The highest BCUT2D eigenvalue weighted by Crippen LogP contribution is 2.15. The van der Waals surface area contributed by atoms with Gasteiger partial charge in [-0.05, 0) is 23.8 Å². The van der Waals surface area contributed by atoms with Gasteiger partial charge in [0, 0.05) is 13.1 Å². The number of hydrogen-bond acceptors (Lipinski definition) is 4. The highest BCUT2D eigenvalue weighted by atomic mass is 32.2. The Labute approximate surface area is 105 Å². The summed E-state index contributed by atoms with van der Waals surface area (Å²) in [6.45, 7) is 0. The minimum atomic E-state index is -3.67. The molecular formula is C11H13NO5S. The fourth-order valence-electron chi connectivity index (χ4n) is 1.16. The molecule has 0 radical (unpaired) electrons. The minimum Gasteiger partial charge on any atom is -0.478 e. The van der Waals surface area contributed by atoms with Gasteiger partial charge in [0.15, 0.2) is 0 Å². The third-order valence-corrected chi connectivity index (χ3v) is 3.89. The molecule has 0 saturated heterocycles. The normalized spacial score (nSPS) is 12.2. The van der Waals surface area contributed by atoms with Crippen molar-refractivity contribution < 1.29 is 23.2 Å². The third kappa shape index (κ3) is 3.39. The van der Waals surface area contributed by atoms with Crippen LogP contribution in [0.15, 0.2) is 35.2 Å². The van der Waals surface area contributed by atoms with E-state index in [-0.39, 0.29) is 4.90 Å². The Hall–Kier alpha value is -1.70. The Morgan fingerprint density at radius 2 is 1.89 bits per heavy atom. The fourth-order valence-corrected chi connectivity index (χ4v) is 2.14. The van der Waals surface area contributed by atoms with Gasteiger partial charge in [-0.1, -0.05) is 16.6 Å². The molecule has 7 heteroatoms. The monoisotopic (exact) mass is 271 g/mol. The predicted octanol–water partition coefficient (Wildman–Crippen LogP) is 0.966. The van der Waals surface area contributed by atoms with Crippen LogP contribution in [0.5, 0.6) is 0 Å². The summed E-state index contributed by atoms with van der Waals surface area (Å²) in [6.07, 6.45) is 2.35. The molecule has 0 bridgehead atoms. The second-order valence-electron chi connectivity index (χ2n) is 3.34. The average Bonchev–Trinajstić information content (AvgIpc) is 2.35. The first-order chi connectivity index (χ1) is 8.37. The summed E-state index contributed by atoms with van der Waals surface area (Å²) in [5.74, 6) is -1.06. The Morgan fingerprint density at radius 3 is 2.33 bits per heavy atom. The molecule has 1 aromatic rings. The first-order valence-electron chi connectivity index (χ1n) is 4.92. The van der Waals surface area contributed by atoms with E-state index in [2.05, 4.69) is 4.84 Å².